The molecule has 0 aliphatic carbocycles. The zero-order valence-corrected chi connectivity index (χ0v) is 22.7. The van der Waals surface area contributed by atoms with E-state index in [2.05, 4.69) is 76.2 Å². The number of hydroxylamine groups is 2. The van der Waals surface area contributed by atoms with E-state index in [9.17, 15) is 4.79 Å². The molecule has 2 aromatic carbocycles. The number of amides is 1. The van der Waals surface area contributed by atoms with Crippen molar-refractivity contribution in [1.82, 2.24) is 5.06 Å². The third-order valence-corrected chi connectivity index (χ3v) is 11.5. The minimum atomic E-state index is -2.69. The van der Waals surface area contributed by atoms with Crippen LogP contribution >= 0.6 is 0 Å². The Bertz CT molecular complexity index is 905. The molecule has 1 aliphatic rings. The summed E-state index contributed by atoms with van der Waals surface area (Å²) in [4.78, 5) is 18.1. The SMILES string of the molecule is CON(C)C(=O)[C@@H]1OC(C)(C)O[C@H]1[C@@H](C)CO[Si](c1ccccc1)(c1ccccc1)C(C)(C)C. The Morgan fingerprint density at radius 3 is 1.97 bits per heavy atom. The van der Waals surface area contributed by atoms with Crippen LogP contribution in [0.3, 0.4) is 0 Å². The molecular weight excluding hydrogens is 446 g/mol. The summed E-state index contributed by atoms with van der Waals surface area (Å²) in [6.45, 7) is 12.9. The lowest BCUT2D eigenvalue weighted by Gasteiger charge is -2.44. The summed E-state index contributed by atoms with van der Waals surface area (Å²) in [5.41, 5.74) is 0. The first-order chi connectivity index (χ1) is 15.9. The van der Waals surface area contributed by atoms with Crippen molar-refractivity contribution < 1.29 is 23.5 Å². The van der Waals surface area contributed by atoms with Gasteiger partial charge in [0.2, 0.25) is 0 Å². The quantitative estimate of drug-likeness (QED) is 0.421. The summed E-state index contributed by atoms with van der Waals surface area (Å²) in [5.74, 6) is -1.23. The summed E-state index contributed by atoms with van der Waals surface area (Å²) >= 11 is 0. The van der Waals surface area contributed by atoms with E-state index in [0.717, 1.165) is 0 Å². The van der Waals surface area contributed by atoms with E-state index < -0.39 is 26.3 Å². The van der Waals surface area contributed by atoms with E-state index in [-0.39, 0.29) is 16.9 Å². The number of rotatable bonds is 8. The first-order valence-electron chi connectivity index (χ1n) is 11.9. The maximum absolute atomic E-state index is 12.9. The highest BCUT2D eigenvalue weighted by molar-refractivity contribution is 6.99. The van der Waals surface area contributed by atoms with Gasteiger partial charge in [0.15, 0.2) is 11.9 Å². The lowest BCUT2D eigenvalue weighted by atomic mass is 10.0. The summed E-state index contributed by atoms with van der Waals surface area (Å²) < 4.78 is 19.3. The predicted molar refractivity (Wildman–Crippen MR) is 136 cm³/mol. The number of benzene rings is 2. The van der Waals surface area contributed by atoms with E-state index in [1.165, 1.54) is 22.5 Å². The lowest BCUT2D eigenvalue weighted by molar-refractivity contribution is -0.187. The fraction of sp³-hybridized carbons (Fsp3) is 0.519. The van der Waals surface area contributed by atoms with Gasteiger partial charge in [0.25, 0.3) is 14.2 Å². The van der Waals surface area contributed by atoms with Crippen molar-refractivity contribution in [3.63, 3.8) is 0 Å². The molecule has 7 heteroatoms. The molecule has 1 saturated heterocycles. The fourth-order valence-electron chi connectivity index (χ4n) is 4.78. The monoisotopic (exact) mass is 485 g/mol. The minimum Gasteiger partial charge on any atom is -0.407 e. The van der Waals surface area contributed by atoms with E-state index in [1.54, 1.807) is 7.05 Å². The molecule has 1 amide bonds. The van der Waals surface area contributed by atoms with Crippen LogP contribution in [0.4, 0.5) is 0 Å². The third-order valence-electron chi connectivity index (χ3n) is 6.50. The maximum Gasteiger partial charge on any atom is 0.277 e. The summed E-state index contributed by atoms with van der Waals surface area (Å²) in [5, 5.41) is 3.50. The molecule has 2 aromatic rings. The van der Waals surface area contributed by atoms with Crippen LogP contribution in [0.15, 0.2) is 60.7 Å². The summed E-state index contributed by atoms with van der Waals surface area (Å²) in [6, 6.07) is 21.1. The van der Waals surface area contributed by atoms with Crippen LogP contribution in [0.25, 0.3) is 0 Å². The molecule has 3 atom stereocenters. The number of hydrogen-bond acceptors (Lipinski definition) is 5. The lowest BCUT2D eigenvalue weighted by Crippen LogP contribution is -2.67. The Morgan fingerprint density at radius 1 is 1.03 bits per heavy atom. The summed E-state index contributed by atoms with van der Waals surface area (Å²) in [6.07, 6.45) is -1.23. The standard InChI is InChI=1S/C27H39NO5Si/c1-20(23-24(25(29)28(7)30-8)33-27(5,6)32-23)19-31-34(26(2,3)4,21-15-11-9-12-16-21)22-17-13-10-14-18-22/h9-18,20,23-24H,19H2,1-8H3/t20-,23-,24+/m0/s1. The smallest absolute Gasteiger partial charge is 0.277 e. The second kappa shape index (κ2) is 10.3. The molecule has 6 nitrogen and oxygen atoms in total. The number of carbonyl (C=O) groups excluding carboxylic acids is 1. The molecule has 0 saturated carbocycles. The fourth-order valence-corrected chi connectivity index (χ4v) is 9.45. The van der Waals surface area contributed by atoms with Crippen LogP contribution in [-0.2, 0) is 23.5 Å². The molecule has 0 bridgehead atoms. The van der Waals surface area contributed by atoms with Gasteiger partial charge in [-0.3, -0.25) is 9.63 Å². The highest BCUT2D eigenvalue weighted by Gasteiger charge is 2.52. The van der Waals surface area contributed by atoms with Gasteiger partial charge in [-0.1, -0.05) is 88.4 Å². The van der Waals surface area contributed by atoms with Gasteiger partial charge in [-0.05, 0) is 29.3 Å². The van der Waals surface area contributed by atoms with Gasteiger partial charge in [0.05, 0.1) is 7.11 Å². The molecule has 1 heterocycles. The molecule has 0 unspecified atom stereocenters. The van der Waals surface area contributed by atoms with Gasteiger partial charge < -0.3 is 13.9 Å². The van der Waals surface area contributed by atoms with Crippen molar-refractivity contribution in [2.75, 3.05) is 20.8 Å². The zero-order chi connectivity index (χ0) is 25.1. The first-order valence-corrected chi connectivity index (χ1v) is 13.8. The molecule has 0 radical (unpaired) electrons. The average molecular weight is 486 g/mol. The van der Waals surface area contributed by atoms with Crippen LogP contribution < -0.4 is 10.4 Å². The number of ether oxygens (including phenoxy) is 2. The van der Waals surface area contributed by atoms with Crippen molar-refractivity contribution in [1.29, 1.82) is 0 Å². The Kier molecular flexibility index (Phi) is 8.05. The Balaban J connectivity index is 1.96. The number of nitrogens with zero attached hydrogens (tertiary/aromatic N) is 1. The van der Waals surface area contributed by atoms with E-state index in [4.69, 9.17) is 18.7 Å². The second-order valence-corrected chi connectivity index (χ2v) is 14.8. The topological polar surface area (TPSA) is 57.2 Å². The van der Waals surface area contributed by atoms with Gasteiger partial charge >= 0.3 is 0 Å². The van der Waals surface area contributed by atoms with Gasteiger partial charge in [0.1, 0.15) is 6.10 Å². The van der Waals surface area contributed by atoms with Crippen molar-refractivity contribution >= 4 is 24.6 Å². The molecule has 0 N–H and O–H groups in total. The number of carbonyl (C=O) groups is 1. The van der Waals surface area contributed by atoms with Gasteiger partial charge in [-0.2, -0.15) is 0 Å². The van der Waals surface area contributed by atoms with Gasteiger partial charge in [-0.15, -0.1) is 0 Å². The molecule has 186 valence electrons. The number of likely N-dealkylation sites (N-methyl/N-ethyl adjacent to an activating group) is 1. The Morgan fingerprint density at radius 2 is 1.53 bits per heavy atom. The van der Waals surface area contributed by atoms with Gasteiger partial charge in [-0.25, -0.2) is 5.06 Å². The summed E-state index contributed by atoms with van der Waals surface area (Å²) in [7, 11) is 0.350. The van der Waals surface area contributed by atoms with E-state index in [1.807, 2.05) is 26.0 Å². The van der Waals surface area contributed by atoms with Crippen molar-refractivity contribution in [2.45, 2.75) is 64.6 Å². The van der Waals surface area contributed by atoms with Crippen molar-refractivity contribution in [3.8, 4) is 0 Å². The predicted octanol–water partition coefficient (Wildman–Crippen LogP) is 3.74. The Hall–Kier alpha value is -2.03. The molecule has 1 aliphatic heterocycles. The largest absolute Gasteiger partial charge is 0.407 e. The van der Waals surface area contributed by atoms with E-state index >= 15 is 0 Å². The van der Waals surface area contributed by atoms with Crippen LogP contribution in [0.1, 0.15) is 41.5 Å². The molecule has 3 rings (SSSR count). The normalized spacial score (nSPS) is 21.3. The van der Waals surface area contributed by atoms with Crippen LogP contribution in [-0.4, -0.2) is 58.0 Å². The maximum atomic E-state index is 12.9. The zero-order valence-electron chi connectivity index (χ0n) is 21.7. The molecule has 34 heavy (non-hydrogen) atoms. The van der Waals surface area contributed by atoms with E-state index in [0.29, 0.717) is 6.61 Å². The molecule has 1 fully saturated rings. The molecule has 0 aromatic heterocycles. The second-order valence-electron chi connectivity index (χ2n) is 10.5. The van der Waals surface area contributed by atoms with Crippen LogP contribution in [0, 0.1) is 5.92 Å². The Labute approximate surface area is 205 Å². The van der Waals surface area contributed by atoms with Crippen molar-refractivity contribution in [2.24, 2.45) is 5.92 Å². The number of hydrogen-bond donors (Lipinski definition) is 0. The highest BCUT2D eigenvalue weighted by Crippen LogP contribution is 2.38. The molecule has 0 spiro atoms. The first kappa shape index (κ1) is 26.6. The third kappa shape index (κ3) is 5.29. The van der Waals surface area contributed by atoms with Gasteiger partial charge in [0, 0.05) is 19.6 Å². The average Bonchev–Trinajstić information content (AvgIpc) is 3.14. The van der Waals surface area contributed by atoms with Crippen LogP contribution in [0.5, 0.6) is 0 Å². The highest BCUT2D eigenvalue weighted by atomic mass is 28.4. The molecular formula is C27H39NO5Si. The van der Waals surface area contributed by atoms with Crippen molar-refractivity contribution in [3.05, 3.63) is 60.7 Å². The van der Waals surface area contributed by atoms with Crippen LogP contribution in [0.2, 0.25) is 5.04 Å². The minimum absolute atomic E-state index is 0.0948.